The zero-order chi connectivity index (χ0) is 30.2. The van der Waals surface area contributed by atoms with E-state index in [0.29, 0.717) is 6.61 Å². The van der Waals surface area contributed by atoms with E-state index in [1.165, 1.54) is 0 Å². The van der Waals surface area contributed by atoms with Gasteiger partial charge in [0, 0.05) is 30.4 Å². The van der Waals surface area contributed by atoms with E-state index in [9.17, 15) is 24.0 Å². The molecule has 12 nitrogen and oxygen atoms in total. The first-order valence-corrected chi connectivity index (χ1v) is 11.7. The topological polar surface area (TPSA) is 150 Å². The SMILES string of the molecule is C=CC(=O)OCC(C)OCC(C)OCC(C)OC(=O)C=C.C=CC(=O)OCC(COC(=O)C=C)OC(=O)C=C. The number of carbonyl (C=O) groups is 5. The molecule has 0 saturated heterocycles. The molecule has 0 N–H and O–H groups in total. The third kappa shape index (κ3) is 22.9. The molecule has 0 radical (unpaired) electrons. The van der Waals surface area contributed by atoms with Gasteiger partial charge in [-0.25, -0.2) is 24.0 Å². The van der Waals surface area contributed by atoms with Crippen molar-refractivity contribution in [1.29, 1.82) is 0 Å². The maximum atomic E-state index is 11.0. The summed E-state index contributed by atoms with van der Waals surface area (Å²) in [7, 11) is 0. The maximum Gasteiger partial charge on any atom is 0.330 e. The average Bonchev–Trinajstić information content (AvgIpc) is 2.94. The molecule has 0 saturated carbocycles. The standard InChI is InChI=1S/C15H24O6.C12H14O6/c1-6-14(16)20-9-12(4)18-8-11(3)19-10-13(5)21-15(17)7-2;1-4-10(13)16-7-9(18-12(15)6-3)8-17-11(14)5-2/h6-7,11-13H,1-2,8-10H2,3-5H3;4-6,9H,1-3,7-8H2. The fourth-order valence-corrected chi connectivity index (χ4v) is 2.03. The Kier molecular flexibility index (Phi) is 22.0. The summed E-state index contributed by atoms with van der Waals surface area (Å²) in [6, 6.07) is 0. The molecule has 12 heteroatoms. The number of rotatable bonds is 19. The van der Waals surface area contributed by atoms with Gasteiger partial charge in [-0.2, -0.15) is 0 Å². The molecule has 0 spiro atoms. The van der Waals surface area contributed by atoms with Gasteiger partial charge in [-0.1, -0.05) is 32.9 Å². The Labute approximate surface area is 228 Å². The minimum absolute atomic E-state index is 0.158. The number of ether oxygens (including phenoxy) is 7. The number of carbonyl (C=O) groups excluding carboxylic acids is 5. The lowest BCUT2D eigenvalue weighted by Crippen LogP contribution is -2.29. The van der Waals surface area contributed by atoms with Crippen molar-refractivity contribution >= 4 is 29.8 Å². The lowest BCUT2D eigenvalue weighted by atomic mass is 10.4. The lowest BCUT2D eigenvalue weighted by molar-refractivity contribution is -0.160. The van der Waals surface area contributed by atoms with Gasteiger partial charge in [-0.15, -0.1) is 0 Å². The van der Waals surface area contributed by atoms with Crippen LogP contribution >= 0.6 is 0 Å². The van der Waals surface area contributed by atoms with Gasteiger partial charge in [0.15, 0.2) is 6.10 Å². The molecule has 0 aromatic carbocycles. The smallest absolute Gasteiger partial charge is 0.330 e. The summed E-state index contributed by atoms with van der Waals surface area (Å²) >= 11 is 0. The quantitative estimate of drug-likeness (QED) is 0.131. The molecule has 0 aliphatic rings. The summed E-state index contributed by atoms with van der Waals surface area (Å²) in [6.45, 7) is 21.9. The highest BCUT2D eigenvalue weighted by Crippen LogP contribution is 2.02. The first kappa shape index (κ1) is 37.1. The van der Waals surface area contributed by atoms with Crippen molar-refractivity contribution in [3.8, 4) is 0 Å². The van der Waals surface area contributed by atoms with Crippen LogP contribution in [0.25, 0.3) is 0 Å². The predicted molar refractivity (Wildman–Crippen MR) is 140 cm³/mol. The van der Waals surface area contributed by atoms with Gasteiger partial charge in [-0.05, 0) is 20.8 Å². The van der Waals surface area contributed by atoms with Gasteiger partial charge >= 0.3 is 29.8 Å². The van der Waals surface area contributed by atoms with Crippen molar-refractivity contribution in [2.45, 2.75) is 45.2 Å². The molecule has 39 heavy (non-hydrogen) atoms. The molecule has 0 fully saturated rings. The van der Waals surface area contributed by atoms with Gasteiger partial charge < -0.3 is 33.2 Å². The zero-order valence-electron chi connectivity index (χ0n) is 22.7. The Bertz CT molecular complexity index is 824. The second kappa shape index (κ2) is 23.1. The molecule has 0 rings (SSSR count). The van der Waals surface area contributed by atoms with E-state index < -0.39 is 36.0 Å². The molecular formula is C27H38O12. The van der Waals surface area contributed by atoms with Crippen LogP contribution in [0.3, 0.4) is 0 Å². The van der Waals surface area contributed by atoms with Crippen molar-refractivity contribution in [1.82, 2.24) is 0 Å². The van der Waals surface area contributed by atoms with Crippen LogP contribution in [-0.2, 0) is 57.1 Å². The van der Waals surface area contributed by atoms with Gasteiger partial charge in [0.25, 0.3) is 0 Å². The first-order valence-electron chi connectivity index (χ1n) is 11.7. The summed E-state index contributed by atoms with van der Waals surface area (Å²) in [5.41, 5.74) is 0. The first-order chi connectivity index (χ1) is 18.4. The molecule has 3 unspecified atom stereocenters. The highest BCUT2D eigenvalue weighted by atomic mass is 16.6. The van der Waals surface area contributed by atoms with Crippen molar-refractivity contribution < 1.29 is 57.1 Å². The summed E-state index contributed by atoms with van der Waals surface area (Å²) < 4.78 is 34.9. The Balaban J connectivity index is 0. The normalized spacial score (nSPS) is 12.1. The van der Waals surface area contributed by atoms with Crippen LogP contribution in [0.4, 0.5) is 0 Å². The van der Waals surface area contributed by atoms with Crippen LogP contribution in [0, 0.1) is 0 Å². The second-order valence-electron chi connectivity index (χ2n) is 7.51. The molecular weight excluding hydrogens is 516 g/mol. The fraction of sp³-hybridized carbons (Fsp3) is 0.444. The molecule has 0 amide bonds. The number of hydrogen-bond donors (Lipinski definition) is 0. The second-order valence-corrected chi connectivity index (χ2v) is 7.51. The van der Waals surface area contributed by atoms with Crippen molar-refractivity contribution in [3.63, 3.8) is 0 Å². The summed E-state index contributed by atoms with van der Waals surface area (Å²) in [4.78, 5) is 54.5. The molecule has 0 heterocycles. The minimum atomic E-state index is -0.914. The highest BCUT2D eigenvalue weighted by molar-refractivity contribution is 5.83. The van der Waals surface area contributed by atoms with Gasteiger partial charge in [0.05, 0.1) is 25.4 Å². The van der Waals surface area contributed by atoms with E-state index in [2.05, 4.69) is 42.4 Å². The Hall–Kier alpha value is -4.03. The van der Waals surface area contributed by atoms with Crippen LogP contribution in [0.5, 0.6) is 0 Å². The van der Waals surface area contributed by atoms with Crippen LogP contribution in [0.15, 0.2) is 63.3 Å². The van der Waals surface area contributed by atoms with Crippen molar-refractivity contribution in [2.75, 3.05) is 33.0 Å². The monoisotopic (exact) mass is 554 g/mol. The van der Waals surface area contributed by atoms with Crippen LogP contribution in [0.2, 0.25) is 0 Å². The summed E-state index contributed by atoms with van der Waals surface area (Å²) in [5, 5.41) is 0. The molecule has 0 aliphatic heterocycles. The lowest BCUT2D eigenvalue weighted by Gasteiger charge is -2.19. The maximum absolute atomic E-state index is 11.0. The molecule has 0 aromatic rings. The van der Waals surface area contributed by atoms with Crippen molar-refractivity contribution in [3.05, 3.63) is 63.3 Å². The van der Waals surface area contributed by atoms with E-state index in [-0.39, 0.29) is 44.7 Å². The highest BCUT2D eigenvalue weighted by Gasteiger charge is 2.17. The zero-order valence-corrected chi connectivity index (χ0v) is 22.7. The van der Waals surface area contributed by atoms with Crippen LogP contribution in [0.1, 0.15) is 20.8 Å². The van der Waals surface area contributed by atoms with E-state index in [1.807, 2.05) is 6.92 Å². The number of hydrogen-bond acceptors (Lipinski definition) is 12. The van der Waals surface area contributed by atoms with Gasteiger partial charge in [0.1, 0.15) is 25.9 Å². The van der Waals surface area contributed by atoms with E-state index in [4.69, 9.17) is 23.7 Å². The average molecular weight is 555 g/mol. The Morgan fingerprint density at radius 1 is 0.487 bits per heavy atom. The van der Waals surface area contributed by atoms with E-state index in [1.54, 1.807) is 13.8 Å². The minimum Gasteiger partial charge on any atom is -0.460 e. The molecule has 0 aromatic heterocycles. The molecule has 218 valence electrons. The Morgan fingerprint density at radius 2 is 0.821 bits per heavy atom. The predicted octanol–water partition coefficient (Wildman–Crippen LogP) is 2.19. The fourth-order valence-electron chi connectivity index (χ4n) is 2.03. The van der Waals surface area contributed by atoms with Crippen LogP contribution < -0.4 is 0 Å². The third-order valence-electron chi connectivity index (χ3n) is 3.95. The molecule has 0 aliphatic carbocycles. The summed E-state index contributed by atoms with van der Waals surface area (Å²) in [5.74, 6) is -3.03. The third-order valence-corrected chi connectivity index (χ3v) is 3.95. The van der Waals surface area contributed by atoms with Crippen LogP contribution in [-0.4, -0.2) is 87.3 Å². The van der Waals surface area contributed by atoms with Gasteiger partial charge in [0.2, 0.25) is 0 Å². The van der Waals surface area contributed by atoms with E-state index >= 15 is 0 Å². The summed E-state index contributed by atoms with van der Waals surface area (Å²) in [6.07, 6.45) is 3.39. The molecule has 0 bridgehead atoms. The largest absolute Gasteiger partial charge is 0.460 e. The van der Waals surface area contributed by atoms with E-state index in [0.717, 1.165) is 30.4 Å². The number of esters is 5. The van der Waals surface area contributed by atoms with Crippen molar-refractivity contribution in [2.24, 2.45) is 0 Å². The molecule has 3 atom stereocenters. The van der Waals surface area contributed by atoms with Gasteiger partial charge in [-0.3, -0.25) is 0 Å². The Morgan fingerprint density at radius 3 is 1.23 bits per heavy atom.